The molecule has 0 radical (unpaired) electrons. The fraction of sp³-hybridized carbons (Fsp3) is 0. The summed E-state index contributed by atoms with van der Waals surface area (Å²) in [6.07, 6.45) is 0. The Morgan fingerprint density at radius 3 is 2.38 bits per heavy atom. The zero-order chi connectivity index (χ0) is 11.9. The molecule has 0 atom stereocenters. The number of benzene rings is 1. The monoisotopic (exact) mass is 221 g/mol. The summed E-state index contributed by atoms with van der Waals surface area (Å²) < 4.78 is 0. The van der Waals surface area contributed by atoms with Crippen LogP contribution in [0.2, 0.25) is 0 Å². The molecule has 2 rings (SSSR count). The van der Waals surface area contributed by atoms with Crippen LogP contribution < -0.4 is 5.43 Å². The van der Waals surface area contributed by atoms with Crippen LogP contribution >= 0.6 is 0 Å². The highest BCUT2D eigenvalue weighted by molar-refractivity contribution is 5.90. The summed E-state index contributed by atoms with van der Waals surface area (Å²) in [5.74, 6) is -2.13. The van der Waals surface area contributed by atoms with Crippen LogP contribution in [0.3, 0.4) is 0 Å². The molecule has 0 saturated heterocycles. The zero-order valence-electron chi connectivity index (χ0n) is 7.89. The number of carbonyl (C=O) groups is 1. The van der Waals surface area contributed by atoms with Gasteiger partial charge >= 0.3 is 5.97 Å². The third kappa shape index (κ3) is 1.46. The van der Waals surface area contributed by atoms with Gasteiger partial charge in [0.1, 0.15) is 5.69 Å². The van der Waals surface area contributed by atoms with Gasteiger partial charge in [-0.1, -0.05) is 0 Å². The number of hydrogen-bond donors (Lipinski definition) is 4. The molecule has 4 N–H and O–H groups in total. The van der Waals surface area contributed by atoms with Gasteiger partial charge in [0.05, 0.1) is 5.52 Å². The van der Waals surface area contributed by atoms with Crippen LogP contribution in [0.25, 0.3) is 10.9 Å². The SMILES string of the molecule is O=C(O)c1cc(=O)c2cc(O)c(O)cc2[nH]1. The Morgan fingerprint density at radius 1 is 1.12 bits per heavy atom. The lowest BCUT2D eigenvalue weighted by Gasteiger charge is -2.02. The van der Waals surface area contributed by atoms with Gasteiger partial charge in [0, 0.05) is 17.5 Å². The predicted molar refractivity (Wildman–Crippen MR) is 54.9 cm³/mol. The average molecular weight is 221 g/mol. The van der Waals surface area contributed by atoms with Crippen LogP contribution in [-0.4, -0.2) is 26.3 Å². The van der Waals surface area contributed by atoms with Crippen molar-refractivity contribution in [2.45, 2.75) is 0 Å². The second-order valence-electron chi connectivity index (χ2n) is 3.24. The number of phenolic OH excluding ortho intramolecular Hbond substituents is 2. The number of nitrogens with one attached hydrogen (secondary N) is 1. The van der Waals surface area contributed by atoms with E-state index in [1.165, 1.54) is 0 Å². The molecule has 1 aromatic carbocycles. The molecular weight excluding hydrogens is 214 g/mol. The lowest BCUT2D eigenvalue weighted by atomic mass is 10.1. The molecule has 6 nitrogen and oxygen atoms in total. The van der Waals surface area contributed by atoms with Gasteiger partial charge in [-0.3, -0.25) is 4.79 Å². The van der Waals surface area contributed by atoms with Crippen LogP contribution in [0.4, 0.5) is 0 Å². The third-order valence-corrected chi connectivity index (χ3v) is 2.16. The molecule has 2 aromatic rings. The van der Waals surface area contributed by atoms with Crippen LogP contribution in [-0.2, 0) is 0 Å². The van der Waals surface area contributed by atoms with E-state index in [0.717, 1.165) is 18.2 Å². The standard InChI is InChI=1S/C10H7NO5/c12-7-3-6(10(15)16)11-5-2-9(14)8(13)1-4(5)7/h1-3,13-14H,(H,11,12)(H,15,16). The fourth-order valence-electron chi connectivity index (χ4n) is 1.39. The molecular formula is C10H7NO5. The molecule has 16 heavy (non-hydrogen) atoms. The summed E-state index contributed by atoms with van der Waals surface area (Å²) in [4.78, 5) is 24.6. The number of aromatic carboxylic acids is 1. The van der Waals surface area contributed by atoms with Crippen molar-refractivity contribution >= 4 is 16.9 Å². The van der Waals surface area contributed by atoms with Crippen molar-refractivity contribution in [1.29, 1.82) is 0 Å². The largest absolute Gasteiger partial charge is 0.504 e. The van der Waals surface area contributed by atoms with Crippen molar-refractivity contribution in [2.75, 3.05) is 0 Å². The molecule has 0 aliphatic heterocycles. The number of rotatable bonds is 1. The molecule has 0 bridgehead atoms. The molecule has 0 unspecified atom stereocenters. The minimum Gasteiger partial charge on any atom is -0.504 e. The Kier molecular flexibility index (Phi) is 2.05. The highest BCUT2D eigenvalue weighted by Crippen LogP contribution is 2.27. The van der Waals surface area contributed by atoms with E-state index in [1.807, 2.05) is 0 Å². The zero-order valence-corrected chi connectivity index (χ0v) is 7.89. The van der Waals surface area contributed by atoms with Gasteiger partial charge in [0.25, 0.3) is 0 Å². The number of aromatic hydroxyl groups is 2. The minimum atomic E-state index is -1.27. The third-order valence-electron chi connectivity index (χ3n) is 2.16. The number of H-pyrrole nitrogens is 1. The molecule has 1 aromatic heterocycles. The number of aromatic amines is 1. The van der Waals surface area contributed by atoms with E-state index >= 15 is 0 Å². The van der Waals surface area contributed by atoms with E-state index in [-0.39, 0.29) is 16.6 Å². The maximum atomic E-state index is 11.5. The smallest absolute Gasteiger partial charge is 0.352 e. The van der Waals surface area contributed by atoms with Gasteiger partial charge in [-0.25, -0.2) is 4.79 Å². The summed E-state index contributed by atoms with van der Waals surface area (Å²) in [6.45, 7) is 0. The van der Waals surface area contributed by atoms with E-state index in [0.29, 0.717) is 0 Å². The van der Waals surface area contributed by atoms with Gasteiger partial charge in [0.2, 0.25) is 0 Å². The summed E-state index contributed by atoms with van der Waals surface area (Å²) in [5, 5.41) is 27.2. The molecule has 0 fully saturated rings. The highest BCUT2D eigenvalue weighted by Gasteiger charge is 2.10. The average Bonchev–Trinajstić information content (AvgIpc) is 2.20. The lowest BCUT2D eigenvalue weighted by molar-refractivity contribution is 0.0691. The Morgan fingerprint density at radius 2 is 1.75 bits per heavy atom. The van der Waals surface area contributed by atoms with E-state index < -0.39 is 22.9 Å². The van der Waals surface area contributed by atoms with Crippen molar-refractivity contribution < 1.29 is 20.1 Å². The Balaban J connectivity index is 2.88. The van der Waals surface area contributed by atoms with E-state index in [9.17, 15) is 19.8 Å². The number of hydrogen-bond acceptors (Lipinski definition) is 4. The second-order valence-corrected chi connectivity index (χ2v) is 3.24. The maximum Gasteiger partial charge on any atom is 0.352 e. The molecule has 0 aliphatic carbocycles. The maximum absolute atomic E-state index is 11.5. The van der Waals surface area contributed by atoms with Crippen molar-refractivity contribution in [3.05, 3.63) is 34.1 Å². The van der Waals surface area contributed by atoms with Crippen molar-refractivity contribution in [1.82, 2.24) is 4.98 Å². The van der Waals surface area contributed by atoms with Gasteiger partial charge < -0.3 is 20.3 Å². The molecule has 0 spiro atoms. The van der Waals surface area contributed by atoms with Crippen LogP contribution in [0.15, 0.2) is 23.0 Å². The Labute approximate surface area is 88.4 Å². The first-order valence-corrected chi connectivity index (χ1v) is 4.31. The molecule has 6 heteroatoms. The molecule has 0 saturated carbocycles. The topological polar surface area (TPSA) is 111 Å². The first-order chi connectivity index (χ1) is 7.49. The first-order valence-electron chi connectivity index (χ1n) is 4.31. The van der Waals surface area contributed by atoms with E-state index in [2.05, 4.69) is 4.98 Å². The number of carboxylic acids is 1. The Hall–Kier alpha value is -2.50. The van der Waals surface area contributed by atoms with E-state index in [4.69, 9.17) is 5.11 Å². The normalized spacial score (nSPS) is 10.5. The number of fused-ring (bicyclic) bond motifs is 1. The number of phenols is 2. The summed E-state index contributed by atoms with van der Waals surface area (Å²) in [7, 11) is 0. The van der Waals surface area contributed by atoms with E-state index in [1.54, 1.807) is 0 Å². The Bertz CT molecular complexity index is 643. The summed E-state index contributed by atoms with van der Waals surface area (Å²) in [5.41, 5.74) is -0.663. The quantitative estimate of drug-likeness (QED) is 0.528. The van der Waals surface area contributed by atoms with Crippen molar-refractivity contribution in [3.8, 4) is 11.5 Å². The molecule has 0 amide bonds. The van der Waals surface area contributed by atoms with Crippen molar-refractivity contribution in [3.63, 3.8) is 0 Å². The molecule has 82 valence electrons. The second kappa shape index (κ2) is 3.27. The van der Waals surface area contributed by atoms with Crippen LogP contribution in [0.1, 0.15) is 10.5 Å². The van der Waals surface area contributed by atoms with Gasteiger partial charge in [0.15, 0.2) is 16.9 Å². The number of aromatic nitrogens is 1. The number of pyridine rings is 1. The van der Waals surface area contributed by atoms with Crippen molar-refractivity contribution in [2.24, 2.45) is 0 Å². The molecule has 1 heterocycles. The van der Waals surface area contributed by atoms with Gasteiger partial charge in [-0.05, 0) is 6.07 Å². The minimum absolute atomic E-state index is 0.111. The van der Waals surface area contributed by atoms with Crippen LogP contribution in [0, 0.1) is 0 Å². The predicted octanol–water partition coefficient (Wildman–Crippen LogP) is 0.637. The van der Waals surface area contributed by atoms with Crippen LogP contribution in [0.5, 0.6) is 11.5 Å². The fourth-order valence-corrected chi connectivity index (χ4v) is 1.39. The lowest BCUT2D eigenvalue weighted by Crippen LogP contribution is -2.09. The van der Waals surface area contributed by atoms with Gasteiger partial charge in [-0.2, -0.15) is 0 Å². The molecule has 0 aliphatic rings. The summed E-state index contributed by atoms with van der Waals surface area (Å²) >= 11 is 0. The summed E-state index contributed by atoms with van der Waals surface area (Å²) in [6, 6.07) is 3.09. The highest BCUT2D eigenvalue weighted by atomic mass is 16.4. The number of carboxylic acid groups (broad SMARTS) is 1. The van der Waals surface area contributed by atoms with Gasteiger partial charge in [-0.15, -0.1) is 0 Å². The first kappa shape index (κ1) is 10.0.